The van der Waals surface area contributed by atoms with E-state index in [9.17, 15) is 0 Å². The summed E-state index contributed by atoms with van der Waals surface area (Å²) in [6, 6.07) is 19.0. The topological polar surface area (TPSA) is 48.9 Å². The SMILES string of the molecule is CN=C(NCc1ccccc1OC)NC1CCN(c2ccccc2)C1.I. The highest BCUT2D eigenvalue weighted by molar-refractivity contribution is 14.0. The number of halogens is 1. The minimum absolute atomic E-state index is 0. The number of anilines is 1. The van der Waals surface area contributed by atoms with Crippen molar-refractivity contribution in [2.75, 3.05) is 32.1 Å². The van der Waals surface area contributed by atoms with Crippen LogP contribution in [0.25, 0.3) is 0 Å². The number of nitrogens with zero attached hydrogens (tertiary/aromatic N) is 2. The van der Waals surface area contributed by atoms with Gasteiger partial charge in [-0.05, 0) is 24.6 Å². The quantitative estimate of drug-likeness (QED) is 0.404. The van der Waals surface area contributed by atoms with Crippen LogP contribution in [0, 0.1) is 0 Å². The zero-order chi connectivity index (χ0) is 17.5. The maximum atomic E-state index is 5.40. The van der Waals surface area contributed by atoms with Crippen molar-refractivity contribution in [3.05, 3.63) is 60.2 Å². The molecule has 0 amide bonds. The largest absolute Gasteiger partial charge is 0.496 e. The predicted octanol–water partition coefficient (Wildman–Crippen LogP) is 3.26. The zero-order valence-corrected chi connectivity index (χ0v) is 17.6. The van der Waals surface area contributed by atoms with Crippen LogP contribution in [-0.2, 0) is 6.54 Å². The number of hydrogen-bond acceptors (Lipinski definition) is 3. The molecule has 1 aliphatic heterocycles. The smallest absolute Gasteiger partial charge is 0.191 e. The molecule has 1 saturated heterocycles. The van der Waals surface area contributed by atoms with Crippen LogP contribution in [0.1, 0.15) is 12.0 Å². The molecule has 0 radical (unpaired) electrons. The molecule has 0 spiro atoms. The number of methoxy groups -OCH3 is 1. The number of para-hydroxylation sites is 2. The van der Waals surface area contributed by atoms with Gasteiger partial charge in [-0.1, -0.05) is 36.4 Å². The van der Waals surface area contributed by atoms with E-state index in [1.807, 2.05) is 25.2 Å². The van der Waals surface area contributed by atoms with E-state index < -0.39 is 0 Å². The number of benzene rings is 2. The molecular weight excluding hydrogens is 439 g/mol. The van der Waals surface area contributed by atoms with E-state index in [2.05, 4.69) is 56.9 Å². The Morgan fingerprint density at radius 1 is 1.15 bits per heavy atom. The second-order valence-electron chi connectivity index (χ2n) is 6.15. The number of aliphatic imine (C=N–C) groups is 1. The average molecular weight is 466 g/mol. The standard InChI is InChI=1S/C20H26N4O.HI/c1-21-20(22-14-16-8-6-7-11-19(16)25-2)23-17-12-13-24(15-17)18-9-4-3-5-10-18;/h3-11,17H,12-15H2,1-2H3,(H2,21,22,23);1H. The van der Waals surface area contributed by atoms with Crippen molar-refractivity contribution in [1.29, 1.82) is 0 Å². The number of nitrogens with one attached hydrogen (secondary N) is 2. The van der Waals surface area contributed by atoms with Gasteiger partial charge in [0.2, 0.25) is 0 Å². The first-order valence-corrected chi connectivity index (χ1v) is 8.69. The minimum atomic E-state index is 0. The first kappa shape index (κ1) is 20.4. The molecule has 2 aromatic carbocycles. The van der Waals surface area contributed by atoms with Gasteiger partial charge >= 0.3 is 0 Å². The third kappa shape index (κ3) is 5.27. The van der Waals surface area contributed by atoms with Crippen LogP contribution in [0.3, 0.4) is 0 Å². The summed E-state index contributed by atoms with van der Waals surface area (Å²) in [6.45, 7) is 2.73. The second kappa shape index (κ2) is 10.3. The van der Waals surface area contributed by atoms with Crippen molar-refractivity contribution in [2.24, 2.45) is 4.99 Å². The highest BCUT2D eigenvalue weighted by atomic mass is 127. The molecule has 1 aliphatic rings. The van der Waals surface area contributed by atoms with Crippen molar-refractivity contribution in [3.63, 3.8) is 0 Å². The van der Waals surface area contributed by atoms with E-state index in [1.165, 1.54) is 5.69 Å². The number of guanidine groups is 1. The maximum absolute atomic E-state index is 5.40. The van der Waals surface area contributed by atoms with E-state index in [0.717, 1.165) is 36.8 Å². The Morgan fingerprint density at radius 3 is 2.62 bits per heavy atom. The fourth-order valence-electron chi connectivity index (χ4n) is 3.17. The zero-order valence-electron chi connectivity index (χ0n) is 15.3. The van der Waals surface area contributed by atoms with Crippen LogP contribution in [0.15, 0.2) is 59.6 Å². The molecule has 140 valence electrons. The molecule has 0 saturated carbocycles. The van der Waals surface area contributed by atoms with Gasteiger partial charge < -0.3 is 20.3 Å². The van der Waals surface area contributed by atoms with E-state index in [0.29, 0.717) is 12.6 Å². The van der Waals surface area contributed by atoms with Crippen LogP contribution >= 0.6 is 24.0 Å². The Morgan fingerprint density at radius 2 is 1.88 bits per heavy atom. The Bertz CT molecular complexity index is 708. The lowest BCUT2D eigenvalue weighted by Gasteiger charge is -2.20. The summed E-state index contributed by atoms with van der Waals surface area (Å²) in [6.07, 6.45) is 1.10. The maximum Gasteiger partial charge on any atom is 0.191 e. The van der Waals surface area contributed by atoms with E-state index in [4.69, 9.17) is 4.74 Å². The van der Waals surface area contributed by atoms with Crippen LogP contribution in [-0.4, -0.2) is 39.2 Å². The van der Waals surface area contributed by atoms with Gasteiger partial charge in [-0.2, -0.15) is 0 Å². The summed E-state index contributed by atoms with van der Waals surface area (Å²) in [4.78, 5) is 6.76. The summed E-state index contributed by atoms with van der Waals surface area (Å²) in [5.41, 5.74) is 2.40. The summed E-state index contributed by atoms with van der Waals surface area (Å²) in [5.74, 6) is 1.72. The Kier molecular flexibility index (Phi) is 8.03. The summed E-state index contributed by atoms with van der Waals surface area (Å²) in [7, 11) is 3.50. The number of ether oxygens (including phenoxy) is 1. The van der Waals surface area contributed by atoms with Gasteiger partial charge in [-0.25, -0.2) is 0 Å². The molecule has 1 atom stereocenters. The Balaban J connectivity index is 0.00000243. The summed E-state index contributed by atoms with van der Waals surface area (Å²) >= 11 is 0. The average Bonchev–Trinajstić information content (AvgIpc) is 3.14. The van der Waals surface area contributed by atoms with Crippen LogP contribution in [0.2, 0.25) is 0 Å². The Hall–Kier alpha value is -1.96. The number of hydrogen-bond donors (Lipinski definition) is 2. The molecule has 2 aromatic rings. The van der Waals surface area contributed by atoms with Gasteiger partial charge in [0.15, 0.2) is 5.96 Å². The lowest BCUT2D eigenvalue weighted by atomic mass is 10.2. The molecule has 0 bridgehead atoms. The molecule has 1 heterocycles. The van der Waals surface area contributed by atoms with Crippen molar-refractivity contribution < 1.29 is 4.74 Å². The lowest BCUT2D eigenvalue weighted by Crippen LogP contribution is -2.44. The molecule has 26 heavy (non-hydrogen) atoms. The first-order valence-electron chi connectivity index (χ1n) is 8.69. The van der Waals surface area contributed by atoms with Crippen molar-refractivity contribution in [3.8, 4) is 5.75 Å². The third-order valence-corrected chi connectivity index (χ3v) is 4.51. The van der Waals surface area contributed by atoms with Crippen LogP contribution in [0.5, 0.6) is 5.75 Å². The summed E-state index contributed by atoms with van der Waals surface area (Å²) < 4.78 is 5.40. The molecular formula is C20H27IN4O. The monoisotopic (exact) mass is 466 g/mol. The van der Waals surface area contributed by atoms with Crippen molar-refractivity contribution >= 4 is 35.6 Å². The van der Waals surface area contributed by atoms with Gasteiger partial charge in [0.05, 0.1) is 7.11 Å². The normalized spacial score (nSPS) is 16.8. The highest BCUT2D eigenvalue weighted by Gasteiger charge is 2.23. The minimum Gasteiger partial charge on any atom is -0.496 e. The van der Waals surface area contributed by atoms with Gasteiger partial charge in [-0.15, -0.1) is 24.0 Å². The molecule has 0 aliphatic carbocycles. The third-order valence-electron chi connectivity index (χ3n) is 4.51. The lowest BCUT2D eigenvalue weighted by molar-refractivity contribution is 0.409. The molecule has 2 N–H and O–H groups in total. The van der Waals surface area contributed by atoms with Crippen LogP contribution in [0.4, 0.5) is 5.69 Å². The summed E-state index contributed by atoms with van der Waals surface area (Å²) in [5, 5.41) is 6.91. The van der Waals surface area contributed by atoms with Gasteiger partial charge in [0, 0.05) is 44.0 Å². The van der Waals surface area contributed by atoms with Crippen LogP contribution < -0.4 is 20.3 Å². The molecule has 0 aromatic heterocycles. The highest BCUT2D eigenvalue weighted by Crippen LogP contribution is 2.20. The van der Waals surface area contributed by atoms with E-state index in [-0.39, 0.29) is 24.0 Å². The van der Waals surface area contributed by atoms with E-state index in [1.54, 1.807) is 7.11 Å². The van der Waals surface area contributed by atoms with Gasteiger partial charge in [0.1, 0.15) is 5.75 Å². The van der Waals surface area contributed by atoms with Crippen molar-refractivity contribution in [1.82, 2.24) is 10.6 Å². The van der Waals surface area contributed by atoms with E-state index >= 15 is 0 Å². The molecule has 1 fully saturated rings. The van der Waals surface area contributed by atoms with Crippen molar-refractivity contribution in [2.45, 2.75) is 19.0 Å². The first-order chi connectivity index (χ1) is 12.3. The molecule has 6 heteroatoms. The molecule has 1 unspecified atom stereocenters. The Labute approximate surface area is 172 Å². The molecule has 5 nitrogen and oxygen atoms in total. The second-order valence-corrected chi connectivity index (χ2v) is 6.15. The fourth-order valence-corrected chi connectivity index (χ4v) is 3.17. The van der Waals surface area contributed by atoms with Gasteiger partial charge in [-0.3, -0.25) is 4.99 Å². The number of rotatable bonds is 5. The fraction of sp³-hybridized carbons (Fsp3) is 0.350. The predicted molar refractivity (Wildman–Crippen MR) is 119 cm³/mol. The van der Waals surface area contributed by atoms with Gasteiger partial charge in [0.25, 0.3) is 0 Å². The molecule has 3 rings (SSSR count).